The summed E-state index contributed by atoms with van der Waals surface area (Å²) in [5.74, 6) is -0.362. The van der Waals surface area contributed by atoms with Crippen LogP contribution in [-0.2, 0) is 6.54 Å². The molecule has 0 atom stereocenters. The van der Waals surface area contributed by atoms with Gasteiger partial charge in [0.15, 0.2) is 0 Å². The van der Waals surface area contributed by atoms with E-state index in [4.69, 9.17) is 0 Å². The number of H-pyrrole nitrogens is 1. The van der Waals surface area contributed by atoms with Crippen LogP contribution < -0.4 is 10.9 Å². The molecule has 3 aromatic rings. The van der Waals surface area contributed by atoms with Crippen molar-refractivity contribution in [3.63, 3.8) is 0 Å². The lowest BCUT2D eigenvalue weighted by Crippen LogP contribution is -2.29. The van der Waals surface area contributed by atoms with E-state index in [0.29, 0.717) is 12.2 Å². The highest BCUT2D eigenvalue weighted by atomic mass is 32.1. The molecule has 1 aromatic carbocycles. The molecule has 2 heterocycles. The fraction of sp³-hybridized carbons (Fsp3) is 0.111. The molecule has 0 aliphatic carbocycles. The van der Waals surface area contributed by atoms with Gasteiger partial charge in [0, 0.05) is 10.6 Å². The second kappa shape index (κ2) is 6.62. The second-order valence-corrected chi connectivity index (χ2v) is 6.19. The maximum atomic E-state index is 12.2. The van der Waals surface area contributed by atoms with Crippen LogP contribution in [0.5, 0.6) is 0 Å². The average molecular weight is 324 g/mol. The van der Waals surface area contributed by atoms with Gasteiger partial charge in [-0.3, -0.25) is 9.59 Å². The maximum Gasteiger partial charge on any atom is 0.261 e. The topological polar surface area (TPSA) is 62.0 Å². The van der Waals surface area contributed by atoms with Crippen LogP contribution in [0.3, 0.4) is 0 Å². The van der Waals surface area contributed by atoms with E-state index in [-0.39, 0.29) is 17.0 Å². The third kappa shape index (κ3) is 3.40. The van der Waals surface area contributed by atoms with Crippen LogP contribution in [0.4, 0.5) is 0 Å². The van der Waals surface area contributed by atoms with Crippen molar-refractivity contribution in [2.45, 2.75) is 13.5 Å². The van der Waals surface area contributed by atoms with Gasteiger partial charge in [0.25, 0.3) is 11.5 Å². The summed E-state index contributed by atoms with van der Waals surface area (Å²) >= 11 is 1.59. The largest absolute Gasteiger partial charge is 0.347 e. The van der Waals surface area contributed by atoms with E-state index in [2.05, 4.69) is 10.3 Å². The molecule has 2 N–H and O–H groups in total. The number of hydrogen-bond acceptors (Lipinski definition) is 3. The summed E-state index contributed by atoms with van der Waals surface area (Å²) in [5, 5.41) is 4.78. The molecule has 0 radical (unpaired) electrons. The van der Waals surface area contributed by atoms with Crippen LogP contribution in [0.2, 0.25) is 0 Å². The number of benzene rings is 1. The van der Waals surface area contributed by atoms with Crippen LogP contribution in [-0.4, -0.2) is 10.9 Å². The zero-order valence-corrected chi connectivity index (χ0v) is 13.4. The van der Waals surface area contributed by atoms with Gasteiger partial charge in [-0.25, -0.2) is 0 Å². The van der Waals surface area contributed by atoms with Crippen molar-refractivity contribution in [3.8, 4) is 11.3 Å². The van der Waals surface area contributed by atoms with Crippen LogP contribution in [0.1, 0.15) is 20.8 Å². The molecule has 0 bridgehead atoms. The highest BCUT2D eigenvalue weighted by Crippen LogP contribution is 2.16. The number of carbonyl (C=O) groups excluding carboxylic acids is 1. The lowest BCUT2D eigenvalue weighted by Gasteiger charge is -2.06. The summed E-state index contributed by atoms with van der Waals surface area (Å²) in [5.41, 5.74) is 2.49. The number of nitrogens with one attached hydrogen (secondary N) is 2. The quantitative estimate of drug-likeness (QED) is 0.773. The normalized spacial score (nSPS) is 10.5. The molecule has 0 fully saturated rings. The van der Waals surface area contributed by atoms with E-state index < -0.39 is 0 Å². The Morgan fingerprint density at radius 3 is 2.57 bits per heavy atom. The molecule has 0 saturated carbocycles. The standard InChI is InChI=1S/C18H16N2O2S/c1-12-9-10-23-16(12)11-19-17(21)14-7-8-15(20-18(14)22)13-5-3-2-4-6-13/h2-10H,11H2,1H3,(H,19,21)(H,20,22). The van der Waals surface area contributed by atoms with Gasteiger partial charge in [-0.1, -0.05) is 30.3 Å². The van der Waals surface area contributed by atoms with Gasteiger partial charge in [-0.15, -0.1) is 11.3 Å². The summed E-state index contributed by atoms with van der Waals surface area (Å²) in [7, 11) is 0. The highest BCUT2D eigenvalue weighted by molar-refractivity contribution is 7.10. The van der Waals surface area contributed by atoms with Crippen molar-refractivity contribution in [1.29, 1.82) is 0 Å². The molecule has 4 nitrogen and oxygen atoms in total. The molecule has 0 saturated heterocycles. The molecule has 2 aromatic heterocycles. The molecule has 0 aliphatic rings. The van der Waals surface area contributed by atoms with Crippen molar-refractivity contribution < 1.29 is 4.79 Å². The fourth-order valence-corrected chi connectivity index (χ4v) is 3.13. The predicted octanol–water partition coefficient (Wildman–Crippen LogP) is 3.34. The molecular formula is C18H16N2O2S. The smallest absolute Gasteiger partial charge is 0.261 e. The van der Waals surface area contributed by atoms with Crippen molar-refractivity contribution in [3.05, 3.63) is 80.3 Å². The van der Waals surface area contributed by atoms with Crippen LogP contribution in [0, 0.1) is 6.92 Å². The first-order chi connectivity index (χ1) is 11.1. The zero-order valence-electron chi connectivity index (χ0n) is 12.6. The summed E-state index contributed by atoms with van der Waals surface area (Å²) in [4.78, 5) is 28.2. The SMILES string of the molecule is Cc1ccsc1CNC(=O)c1ccc(-c2ccccc2)[nH]c1=O. The predicted molar refractivity (Wildman–Crippen MR) is 92.7 cm³/mol. The minimum absolute atomic E-state index is 0.124. The molecule has 0 spiro atoms. The minimum atomic E-state index is -0.383. The van der Waals surface area contributed by atoms with Crippen molar-refractivity contribution in [1.82, 2.24) is 10.3 Å². The number of amides is 1. The number of thiophene rings is 1. The van der Waals surface area contributed by atoms with Crippen LogP contribution in [0.15, 0.2) is 58.7 Å². The first-order valence-corrected chi connectivity index (χ1v) is 8.13. The molecule has 0 unspecified atom stereocenters. The van der Waals surface area contributed by atoms with Gasteiger partial charge in [0.2, 0.25) is 0 Å². The molecule has 5 heteroatoms. The lowest BCUT2D eigenvalue weighted by atomic mass is 10.1. The van der Waals surface area contributed by atoms with E-state index in [0.717, 1.165) is 16.0 Å². The number of pyridine rings is 1. The highest BCUT2D eigenvalue weighted by Gasteiger charge is 2.12. The van der Waals surface area contributed by atoms with E-state index in [9.17, 15) is 9.59 Å². The first kappa shape index (κ1) is 15.2. The molecule has 23 heavy (non-hydrogen) atoms. The minimum Gasteiger partial charge on any atom is -0.347 e. The van der Waals surface area contributed by atoms with Crippen LogP contribution in [0.25, 0.3) is 11.3 Å². The van der Waals surface area contributed by atoms with Gasteiger partial charge in [-0.2, -0.15) is 0 Å². The fourth-order valence-electron chi connectivity index (χ4n) is 2.28. The Bertz CT molecular complexity index is 881. The summed E-state index contributed by atoms with van der Waals surface area (Å²) in [6.07, 6.45) is 0. The number of aromatic nitrogens is 1. The van der Waals surface area contributed by atoms with Gasteiger partial charge in [0.05, 0.1) is 6.54 Å². The summed E-state index contributed by atoms with van der Waals surface area (Å²) in [6.45, 7) is 2.43. The summed E-state index contributed by atoms with van der Waals surface area (Å²) < 4.78 is 0. The molecule has 116 valence electrons. The Labute approximate surface area is 137 Å². The van der Waals surface area contributed by atoms with Crippen LogP contribution >= 0.6 is 11.3 Å². The molecule has 3 rings (SSSR count). The Kier molecular flexibility index (Phi) is 4.39. The number of aromatic amines is 1. The third-order valence-electron chi connectivity index (χ3n) is 3.62. The zero-order chi connectivity index (χ0) is 16.2. The molecule has 1 amide bonds. The van der Waals surface area contributed by atoms with Crippen molar-refractivity contribution >= 4 is 17.2 Å². The Hall–Kier alpha value is -2.66. The third-order valence-corrected chi connectivity index (χ3v) is 4.64. The van der Waals surface area contributed by atoms with E-state index in [1.54, 1.807) is 23.5 Å². The van der Waals surface area contributed by atoms with Gasteiger partial charge < -0.3 is 10.3 Å². The van der Waals surface area contributed by atoms with Crippen molar-refractivity contribution in [2.75, 3.05) is 0 Å². The Morgan fingerprint density at radius 2 is 1.91 bits per heavy atom. The van der Waals surface area contributed by atoms with E-state index >= 15 is 0 Å². The molecule has 0 aliphatic heterocycles. The van der Waals surface area contributed by atoms with Gasteiger partial charge in [-0.05, 0) is 41.6 Å². The Balaban J connectivity index is 1.77. The monoisotopic (exact) mass is 324 g/mol. The van der Waals surface area contributed by atoms with E-state index in [1.807, 2.05) is 48.7 Å². The maximum absolute atomic E-state index is 12.2. The second-order valence-electron chi connectivity index (χ2n) is 5.19. The van der Waals surface area contributed by atoms with E-state index in [1.165, 1.54) is 0 Å². The summed E-state index contributed by atoms with van der Waals surface area (Å²) in [6, 6.07) is 14.9. The first-order valence-electron chi connectivity index (χ1n) is 7.25. The Morgan fingerprint density at radius 1 is 1.13 bits per heavy atom. The average Bonchev–Trinajstić information content (AvgIpc) is 2.98. The van der Waals surface area contributed by atoms with Gasteiger partial charge in [0.1, 0.15) is 5.56 Å². The molecular weight excluding hydrogens is 308 g/mol. The number of carbonyl (C=O) groups is 1. The lowest BCUT2D eigenvalue weighted by molar-refractivity contribution is 0.0950. The number of hydrogen-bond donors (Lipinski definition) is 2. The van der Waals surface area contributed by atoms with Gasteiger partial charge >= 0.3 is 0 Å². The van der Waals surface area contributed by atoms with Crippen molar-refractivity contribution in [2.24, 2.45) is 0 Å². The number of rotatable bonds is 4. The number of aryl methyl sites for hydroxylation is 1.